The number of nitrogens with zero attached hydrogens (tertiary/aromatic N) is 1. The zero-order chi connectivity index (χ0) is 67.8. The van der Waals surface area contributed by atoms with Crippen molar-refractivity contribution in [3.05, 3.63) is 71.9 Å². The highest BCUT2D eigenvalue weighted by Crippen LogP contribution is 2.22. The number of hydrogen-bond acceptors (Lipinski definition) is 18. The van der Waals surface area contributed by atoms with Crippen molar-refractivity contribution in [2.45, 2.75) is 151 Å². The van der Waals surface area contributed by atoms with Gasteiger partial charge in [0.15, 0.2) is 0 Å². The molecule has 92 heavy (non-hydrogen) atoms. The third-order valence-electron chi connectivity index (χ3n) is 15.4. The van der Waals surface area contributed by atoms with Crippen LogP contribution < -0.4 is 76.5 Å². The Morgan fingerprint density at radius 1 is 0.685 bits per heavy atom. The lowest BCUT2D eigenvalue weighted by atomic mass is 9.96. The number of esters is 1. The highest BCUT2D eigenvalue weighted by atomic mass is 32.2. The first-order chi connectivity index (χ1) is 43.7. The summed E-state index contributed by atoms with van der Waals surface area (Å²) in [5.41, 5.74) is 29.4. The van der Waals surface area contributed by atoms with Gasteiger partial charge in [-0.15, -0.1) is 0 Å². The number of aromatic nitrogens is 1. The number of H-pyrrole nitrogens is 1. The Morgan fingerprint density at radius 2 is 1.32 bits per heavy atom. The van der Waals surface area contributed by atoms with Crippen molar-refractivity contribution in [1.82, 2.24) is 57.7 Å². The molecule has 0 spiro atoms. The molecule has 1 aromatic heterocycles. The summed E-state index contributed by atoms with van der Waals surface area (Å²) in [6, 6.07) is -0.915. The molecule has 0 aliphatic carbocycles. The van der Waals surface area contributed by atoms with Gasteiger partial charge in [-0.2, -0.15) is 11.8 Å². The standard InChI is InChI=1S/C59H82N16O16S/c1-4-30(2)49-57(88)72-38(23-31-11-6-5-7-12-31)51(82)66-28-48(80)67-36(17-19-45(62)77)52(83)70-39(24-32-27-65-35-14-9-8-13-33(32)35)53(84)68-37(20-22-92-3)59(90)91-29-42(73-54(85)40(25-46(63)78)69-50(81)34(60)16-18-44(61)76)58(89)75-21-10-15-43(75)56(87)71-41(26-47(64)79)55(86)74-49/h5-9,11-14,27,30,34,36-43,49,65H,4,10,15-26,28-29,60H2,1-3H3,(H2,61,76)(H2,62,77)(H2,63,78)(H2,64,79)(H,66,82)(H,67,80)(H,68,84)(H,69,81)(H,70,83)(H,71,87)(H,72,88)(H,73,85)(H,74,86)/t30-,34-,36-,37-,38?,39?,40-,41-,42-,43-,49-/m0/s1. The van der Waals surface area contributed by atoms with Gasteiger partial charge in [0, 0.05) is 49.3 Å². The second-order valence-electron chi connectivity index (χ2n) is 22.4. The lowest BCUT2D eigenvalue weighted by molar-refractivity contribution is -0.152. The topological polar surface area (TPSA) is 523 Å². The van der Waals surface area contributed by atoms with Gasteiger partial charge in [0.2, 0.25) is 82.7 Å². The largest absolute Gasteiger partial charge is 0.461 e. The van der Waals surface area contributed by atoms with E-state index >= 15 is 0 Å². The normalized spacial score (nSPS) is 23.0. The van der Waals surface area contributed by atoms with Crippen LogP contribution in [0.5, 0.6) is 0 Å². The number of benzene rings is 2. The Bertz CT molecular complexity index is 3200. The van der Waals surface area contributed by atoms with Crippen molar-refractivity contribution < 1.29 is 76.7 Å². The maximum absolute atomic E-state index is 15.0. The van der Waals surface area contributed by atoms with Crippen LogP contribution in [0.1, 0.15) is 89.2 Å². The molecule has 2 unspecified atom stereocenters. The van der Waals surface area contributed by atoms with Gasteiger partial charge >= 0.3 is 5.97 Å². The molecular weight excluding hydrogens is 1220 g/mol. The number of ether oxygens (including phenoxy) is 1. The molecule has 5 rings (SSSR count). The Kier molecular flexibility index (Phi) is 28.3. The van der Waals surface area contributed by atoms with Crippen LogP contribution in [0.25, 0.3) is 10.9 Å². The van der Waals surface area contributed by atoms with Crippen molar-refractivity contribution >= 4 is 111 Å². The first-order valence-electron chi connectivity index (χ1n) is 29.8. The molecule has 0 radical (unpaired) electrons. The highest BCUT2D eigenvalue weighted by molar-refractivity contribution is 7.98. The number of thioether (sulfide) groups is 1. The van der Waals surface area contributed by atoms with Gasteiger partial charge in [-0.05, 0) is 67.2 Å². The lowest BCUT2D eigenvalue weighted by Crippen LogP contribution is -2.61. The number of fused-ring (bicyclic) bond motifs is 2. The van der Waals surface area contributed by atoms with Gasteiger partial charge in [-0.1, -0.05) is 68.8 Å². The number of carbonyl (C=O) groups is 15. The smallest absolute Gasteiger partial charge is 0.328 e. The van der Waals surface area contributed by atoms with E-state index in [2.05, 4.69) is 52.8 Å². The van der Waals surface area contributed by atoms with E-state index < -0.39 is 194 Å². The fourth-order valence-electron chi connectivity index (χ4n) is 10.1. The molecule has 3 aromatic rings. The fourth-order valence-corrected chi connectivity index (χ4v) is 10.6. The summed E-state index contributed by atoms with van der Waals surface area (Å²) >= 11 is 1.25. The summed E-state index contributed by atoms with van der Waals surface area (Å²) in [5, 5.41) is 23.1. The lowest BCUT2D eigenvalue weighted by Gasteiger charge is -2.31. The van der Waals surface area contributed by atoms with Crippen LogP contribution in [0.15, 0.2) is 60.8 Å². The number of nitrogens with two attached hydrogens (primary N) is 5. The number of primary amides is 4. The van der Waals surface area contributed by atoms with Crippen LogP contribution in [-0.2, 0) is 89.5 Å². The van der Waals surface area contributed by atoms with Crippen LogP contribution in [0.4, 0.5) is 0 Å². The Morgan fingerprint density at radius 3 is 1.98 bits per heavy atom. The molecule has 2 saturated heterocycles. The number of cyclic esters (lactones) is 1. The third-order valence-corrected chi connectivity index (χ3v) is 16.0. The Hall–Kier alpha value is -9.66. The molecule has 2 fully saturated rings. The molecule has 2 aliphatic rings. The summed E-state index contributed by atoms with van der Waals surface area (Å²) in [6.07, 6.45) is -0.280. The number of amides is 14. The van der Waals surface area contributed by atoms with Gasteiger partial charge in [-0.3, -0.25) is 67.1 Å². The summed E-state index contributed by atoms with van der Waals surface area (Å²) in [4.78, 5) is 210. The molecule has 14 amide bonds. The summed E-state index contributed by atoms with van der Waals surface area (Å²) in [7, 11) is 0. The monoisotopic (exact) mass is 1300 g/mol. The molecule has 3 heterocycles. The number of nitrogens with one attached hydrogen (secondary N) is 10. The van der Waals surface area contributed by atoms with Crippen molar-refractivity contribution in [3.63, 3.8) is 0 Å². The molecule has 0 bridgehead atoms. The first kappa shape index (κ1) is 73.1. The van der Waals surface area contributed by atoms with E-state index in [1.165, 1.54) is 11.8 Å². The second-order valence-corrected chi connectivity index (χ2v) is 23.4. The Labute approximate surface area is 533 Å². The third kappa shape index (κ3) is 22.4. The van der Waals surface area contributed by atoms with E-state index in [4.69, 9.17) is 33.4 Å². The predicted octanol–water partition coefficient (Wildman–Crippen LogP) is -5.10. The molecule has 0 saturated carbocycles. The average Bonchev–Trinajstić information content (AvgIpc) is 1.66. The minimum absolute atomic E-state index is 0.0954. The SMILES string of the molecule is CC[C@H](C)[C@@H]1NC(=O)[C@H](CC(N)=O)NC(=O)[C@@H]2CCCN2C(=O)[C@@H](NC(=O)[C@H](CC(N)=O)NC(=O)[C@@H](N)CCC(N)=O)COC(=O)[C@H](CCSC)NC(=O)C(Cc2c[nH]c3ccccc23)NC(=O)[C@H](CCC(N)=O)NC(=O)CNC(=O)C(Cc2ccccc2)NC1=O. The van der Waals surface area contributed by atoms with E-state index in [9.17, 15) is 71.9 Å². The van der Waals surface area contributed by atoms with Crippen LogP contribution in [0.3, 0.4) is 0 Å². The molecule has 500 valence electrons. The van der Waals surface area contributed by atoms with Gasteiger partial charge in [-0.25, -0.2) is 4.79 Å². The molecular formula is C59H82N16O16S. The minimum Gasteiger partial charge on any atom is -0.461 e. The number of hydrogen-bond donors (Lipinski definition) is 15. The summed E-state index contributed by atoms with van der Waals surface area (Å²) < 4.78 is 5.72. The molecule has 11 atom stereocenters. The molecule has 32 nitrogen and oxygen atoms in total. The summed E-state index contributed by atoms with van der Waals surface area (Å²) in [6.45, 7) is 1.20. The van der Waals surface area contributed by atoms with Crippen LogP contribution in [-0.4, -0.2) is 191 Å². The van der Waals surface area contributed by atoms with Crippen molar-refractivity contribution in [2.75, 3.05) is 31.7 Å². The van der Waals surface area contributed by atoms with E-state index in [-0.39, 0.29) is 63.7 Å². The van der Waals surface area contributed by atoms with Gasteiger partial charge in [0.05, 0.1) is 25.4 Å². The van der Waals surface area contributed by atoms with Crippen LogP contribution in [0.2, 0.25) is 0 Å². The predicted molar refractivity (Wildman–Crippen MR) is 331 cm³/mol. The quantitative estimate of drug-likeness (QED) is 0.0395. The van der Waals surface area contributed by atoms with E-state index in [0.717, 1.165) is 4.90 Å². The van der Waals surface area contributed by atoms with E-state index in [1.54, 1.807) is 80.9 Å². The molecule has 20 N–H and O–H groups in total. The Balaban J connectivity index is 1.62. The van der Waals surface area contributed by atoms with Crippen molar-refractivity contribution in [2.24, 2.45) is 34.6 Å². The van der Waals surface area contributed by atoms with Gasteiger partial charge < -0.3 is 91.1 Å². The van der Waals surface area contributed by atoms with Crippen LogP contribution >= 0.6 is 11.8 Å². The van der Waals surface area contributed by atoms with E-state index in [1.807, 2.05) is 0 Å². The highest BCUT2D eigenvalue weighted by Gasteiger charge is 2.42. The maximum Gasteiger partial charge on any atom is 0.328 e. The minimum atomic E-state index is -1.99. The number of para-hydroxylation sites is 1. The van der Waals surface area contributed by atoms with Crippen molar-refractivity contribution in [1.29, 1.82) is 0 Å². The summed E-state index contributed by atoms with van der Waals surface area (Å²) in [5.74, 6) is -16.0. The number of aromatic amines is 1. The average molecular weight is 1300 g/mol. The fraction of sp³-hybridized carbons (Fsp3) is 0.508. The van der Waals surface area contributed by atoms with Gasteiger partial charge in [0.25, 0.3) is 0 Å². The zero-order valence-electron chi connectivity index (χ0n) is 51.2. The zero-order valence-corrected chi connectivity index (χ0v) is 52.0. The molecule has 33 heteroatoms. The first-order valence-corrected chi connectivity index (χ1v) is 31.2. The maximum atomic E-state index is 15.0. The second kappa shape index (κ2) is 35.7. The number of carbonyl (C=O) groups excluding carboxylic acids is 15. The van der Waals surface area contributed by atoms with Crippen LogP contribution in [0, 0.1) is 5.92 Å². The van der Waals surface area contributed by atoms with Crippen molar-refractivity contribution in [3.8, 4) is 0 Å². The van der Waals surface area contributed by atoms with E-state index in [0.29, 0.717) is 22.0 Å². The molecule has 2 aromatic carbocycles. The van der Waals surface area contributed by atoms with Gasteiger partial charge in [0.1, 0.15) is 61.0 Å². The molecule has 2 aliphatic heterocycles. The number of rotatable bonds is 23.